The first kappa shape index (κ1) is 19.5. The Balaban J connectivity index is 1.22. The van der Waals surface area contributed by atoms with Crippen molar-refractivity contribution in [2.75, 3.05) is 18.0 Å². The van der Waals surface area contributed by atoms with E-state index in [9.17, 15) is 0 Å². The first-order valence-electron chi connectivity index (χ1n) is 11.1. The second-order valence-corrected chi connectivity index (χ2v) is 8.56. The molecule has 0 spiro atoms. The fourth-order valence-electron chi connectivity index (χ4n) is 4.63. The zero-order chi connectivity index (χ0) is 22.4. The summed E-state index contributed by atoms with van der Waals surface area (Å²) in [5.41, 5.74) is 8.68. The molecule has 0 N–H and O–H groups in total. The Morgan fingerprint density at radius 1 is 1.03 bits per heavy atom. The van der Waals surface area contributed by atoms with Crippen LogP contribution in [0.3, 0.4) is 0 Å². The predicted molar refractivity (Wildman–Crippen MR) is 132 cm³/mol. The third-order valence-electron chi connectivity index (χ3n) is 6.54. The Hall–Kier alpha value is -4.19. The topological polar surface area (TPSA) is 49.6 Å². The van der Waals surface area contributed by atoms with Gasteiger partial charge in [-0.1, -0.05) is 19.2 Å². The number of anilines is 1. The van der Waals surface area contributed by atoms with Gasteiger partial charge >= 0.3 is 0 Å². The van der Waals surface area contributed by atoms with Gasteiger partial charge in [0, 0.05) is 73.0 Å². The zero-order valence-corrected chi connectivity index (χ0v) is 18.3. The van der Waals surface area contributed by atoms with Gasteiger partial charge in [-0.05, 0) is 41.5 Å². The van der Waals surface area contributed by atoms with Crippen LogP contribution in [-0.4, -0.2) is 37.3 Å². The van der Waals surface area contributed by atoms with Crippen LogP contribution < -0.4 is 4.90 Å². The van der Waals surface area contributed by atoms with Crippen molar-refractivity contribution in [2.24, 2.45) is 0 Å². The number of pyridine rings is 3. The molecule has 4 aromatic rings. The lowest BCUT2D eigenvalue weighted by molar-refractivity contribution is 0.514. The highest BCUT2D eigenvalue weighted by molar-refractivity contribution is 5.83. The molecule has 0 unspecified atom stereocenters. The molecule has 6 heteroatoms. The molecule has 6 rings (SSSR count). The van der Waals surface area contributed by atoms with Gasteiger partial charge in [0.05, 0.1) is 24.1 Å². The van der Waals surface area contributed by atoms with Crippen molar-refractivity contribution in [3.05, 3.63) is 109 Å². The minimum atomic E-state index is 0.535. The number of hydrogen-bond acceptors (Lipinski definition) is 5. The van der Waals surface area contributed by atoms with Crippen LogP contribution in [0.2, 0.25) is 0 Å². The molecule has 1 fully saturated rings. The molecule has 6 heterocycles. The standard InChI is InChI=1S/C27H24N6/c1-3-20-4-5-27-30-23(18-33(27)14-20)17-31-11-8-24-25(19(31)2)12-29-13-26(24)32-15-22(16-32)21-6-9-28-10-7-21/h3-14,18,22H,1-2,15-17H2. The normalized spacial score (nSPS) is 15.6. The Bertz CT molecular complexity index is 1390. The molecule has 1 saturated heterocycles. The number of fused-ring (bicyclic) bond motifs is 2. The smallest absolute Gasteiger partial charge is 0.137 e. The number of hydrogen-bond donors (Lipinski definition) is 0. The maximum absolute atomic E-state index is 4.76. The van der Waals surface area contributed by atoms with Gasteiger partial charge in [-0.2, -0.15) is 0 Å². The summed E-state index contributed by atoms with van der Waals surface area (Å²) in [6.07, 6.45) is 17.8. The van der Waals surface area contributed by atoms with Gasteiger partial charge in [-0.15, -0.1) is 0 Å². The number of aromatic nitrogens is 4. The summed E-state index contributed by atoms with van der Waals surface area (Å²) >= 11 is 0. The largest absolute Gasteiger partial charge is 0.368 e. The number of nitrogens with zero attached hydrogens (tertiary/aromatic N) is 6. The monoisotopic (exact) mass is 432 g/mol. The van der Waals surface area contributed by atoms with Crippen molar-refractivity contribution in [2.45, 2.75) is 12.5 Å². The quantitative estimate of drug-likeness (QED) is 0.452. The van der Waals surface area contributed by atoms with Crippen LogP contribution in [0.4, 0.5) is 5.69 Å². The Kier molecular flexibility index (Phi) is 4.57. The third kappa shape index (κ3) is 3.40. The van der Waals surface area contributed by atoms with Gasteiger partial charge in [0.15, 0.2) is 0 Å². The maximum atomic E-state index is 4.76. The van der Waals surface area contributed by atoms with Crippen molar-refractivity contribution in [1.29, 1.82) is 0 Å². The molecule has 0 aliphatic carbocycles. The van der Waals surface area contributed by atoms with Crippen LogP contribution in [0, 0.1) is 0 Å². The van der Waals surface area contributed by atoms with Crippen LogP contribution in [-0.2, 0) is 6.54 Å². The lowest BCUT2D eigenvalue weighted by atomic mass is 9.90. The van der Waals surface area contributed by atoms with E-state index in [4.69, 9.17) is 4.98 Å². The summed E-state index contributed by atoms with van der Waals surface area (Å²) < 4.78 is 2.04. The molecular weight excluding hydrogens is 408 g/mol. The van der Waals surface area contributed by atoms with Crippen molar-refractivity contribution < 1.29 is 0 Å². The third-order valence-corrected chi connectivity index (χ3v) is 6.54. The second kappa shape index (κ2) is 7.74. The summed E-state index contributed by atoms with van der Waals surface area (Å²) in [7, 11) is 0. The van der Waals surface area contributed by atoms with Gasteiger partial charge in [0.2, 0.25) is 0 Å². The van der Waals surface area contributed by atoms with Crippen LogP contribution in [0.1, 0.15) is 33.9 Å². The predicted octanol–water partition coefficient (Wildman–Crippen LogP) is 4.83. The molecule has 0 radical (unpaired) electrons. The minimum absolute atomic E-state index is 0.535. The molecule has 2 aliphatic heterocycles. The van der Waals surface area contributed by atoms with Crippen molar-refractivity contribution in [3.8, 4) is 0 Å². The molecule has 4 aromatic heterocycles. The van der Waals surface area contributed by atoms with E-state index in [1.807, 2.05) is 53.6 Å². The van der Waals surface area contributed by atoms with Gasteiger partial charge < -0.3 is 14.2 Å². The van der Waals surface area contributed by atoms with Gasteiger partial charge in [0.25, 0.3) is 0 Å². The molecule has 0 atom stereocenters. The summed E-state index contributed by atoms with van der Waals surface area (Å²) in [5.74, 6) is 0.535. The number of imidazole rings is 1. The highest BCUT2D eigenvalue weighted by Crippen LogP contribution is 2.38. The highest BCUT2D eigenvalue weighted by Gasteiger charge is 2.31. The zero-order valence-electron chi connectivity index (χ0n) is 18.3. The Morgan fingerprint density at radius 2 is 1.88 bits per heavy atom. The van der Waals surface area contributed by atoms with E-state index in [0.717, 1.165) is 41.3 Å². The molecular formula is C27H24N6. The van der Waals surface area contributed by atoms with Gasteiger partial charge in [0.1, 0.15) is 5.65 Å². The lowest BCUT2D eigenvalue weighted by Crippen LogP contribution is -2.45. The molecule has 33 heavy (non-hydrogen) atoms. The highest BCUT2D eigenvalue weighted by atomic mass is 15.2. The summed E-state index contributed by atoms with van der Waals surface area (Å²) in [4.78, 5) is 18.0. The van der Waals surface area contributed by atoms with Crippen molar-refractivity contribution >= 4 is 29.2 Å². The number of rotatable bonds is 5. The SMILES string of the molecule is C=Cc1ccc2nc(CN3C=Cc4c(cncc4N4CC(c5ccncc5)C4)C3=C)cn2c1. The summed E-state index contributed by atoms with van der Waals surface area (Å²) in [5, 5.41) is 0. The molecule has 0 bridgehead atoms. The summed E-state index contributed by atoms with van der Waals surface area (Å²) in [6.45, 7) is 10.8. The lowest BCUT2D eigenvalue weighted by Gasteiger charge is -2.42. The van der Waals surface area contributed by atoms with E-state index in [2.05, 4.69) is 63.5 Å². The molecule has 0 saturated carbocycles. The van der Waals surface area contributed by atoms with E-state index in [0.29, 0.717) is 12.5 Å². The molecule has 0 aromatic carbocycles. The van der Waals surface area contributed by atoms with E-state index in [1.165, 1.54) is 16.8 Å². The molecule has 2 aliphatic rings. The van der Waals surface area contributed by atoms with E-state index >= 15 is 0 Å². The Labute approximate surface area is 192 Å². The average molecular weight is 433 g/mol. The van der Waals surface area contributed by atoms with Crippen LogP contribution in [0.25, 0.3) is 23.5 Å². The van der Waals surface area contributed by atoms with Crippen LogP contribution >= 0.6 is 0 Å². The van der Waals surface area contributed by atoms with E-state index in [-0.39, 0.29) is 0 Å². The van der Waals surface area contributed by atoms with Gasteiger partial charge in [-0.25, -0.2) is 4.98 Å². The second-order valence-electron chi connectivity index (χ2n) is 8.56. The average Bonchev–Trinajstić information content (AvgIpc) is 3.22. The first-order valence-corrected chi connectivity index (χ1v) is 11.1. The summed E-state index contributed by atoms with van der Waals surface area (Å²) in [6, 6.07) is 8.26. The van der Waals surface area contributed by atoms with Crippen molar-refractivity contribution in [1.82, 2.24) is 24.3 Å². The first-order chi connectivity index (χ1) is 16.2. The molecule has 0 amide bonds. The van der Waals surface area contributed by atoms with E-state index in [1.54, 1.807) is 0 Å². The van der Waals surface area contributed by atoms with E-state index < -0.39 is 0 Å². The maximum Gasteiger partial charge on any atom is 0.137 e. The fourth-order valence-corrected chi connectivity index (χ4v) is 4.63. The molecule has 6 nitrogen and oxygen atoms in total. The van der Waals surface area contributed by atoms with Gasteiger partial charge in [-0.3, -0.25) is 9.97 Å². The van der Waals surface area contributed by atoms with Crippen molar-refractivity contribution in [3.63, 3.8) is 0 Å². The fraction of sp³-hybridized carbons (Fsp3) is 0.148. The van der Waals surface area contributed by atoms with Crippen LogP contribution in [0.15, 0.2) is 80.8 Å². The van der Waals surface area contributed by atoms with Crippen LogP contribution in [0.5, 0.6) is 0 Å². The minimum Gasteiger partial charge on any atom is -0.368 e. The molecule has 162 valence electrons. The Morgan fingerprint density at radius 3 is 2.70 bits per heavy atom.